The number of hydrogen-bond acceptors (Lipinski definition) is 2. The minimum Gasteiger partial charge on any atom is -0.325 e. The Morgan fingerprint density at radius 1 is 1.22 bits per heavy atom. The van der Waals surface area contributed by atoms with Crippen molar-refractivity contribution in [2.24, 2.45) is 5.73 Å². The third-order valence-corrected chi connectivity index (χ3v) is 4.11. The Labute approximate surface area is 114 Å². The number of hydrogen-bond donors (Lipinski definition) is 1. The van der Waals surface area contributed by atoms with Gasteiger partial charge in [0.05, 0.1) is 0 Å². The summed E-state index contributed by atoms with van der Waals surface area (Å²) in [4.78, 5) is 12.1. The number of carbonyl (C=O) groups is 1. The van der Waals surface area contributed by atoms with E-state index in [2.05, 4.69) is 0 Å². The largest absolute Gasteiger partial charge is 0.325 e. The Bertz CT molecular complexity index is 424. The van der Waals surface area contributed by atoms with Crippen LogP contribution in [0.2, 0.25) is 5.02 Å². The first-order chi connectivity index (χ1) is 8.59. The fourth-order valence-corrected chi connectivity index (χ4v) is 2.94. The standard InChI is InChI=1S/C15H20ClNO/c16-14-7-3-2-6-12(14)10-13(18)11-15(17)8-4-1-5-9-15/h2-3,6-7H,1,4-5,8-11,17H2. The maximum absolute atomic E-state index is 12.1. The minimum absolute atomic E-state index is 0.201. The van der Waals surface area contributed by atoms with Crippen molar-refractivity contribution in [3.8, 4) is 0 Å². The van der Waals surface area contributed by atoms with Crippen molar-refractivity contribution < 1.29 is 4.79 Å². The van der Waals surface area contributed by atoms with E-state index in [0.29, 0.717) is 17.9 Å². The molecule has 18 heavy (non-hydrogen) atoms. The van der Waals surface area contributed by atoms with E-state index in [4.69, 9.17) is 17.3 Å². The molecule has 0 unspecified atom stereocenters. The van der Waals surface area contributed by atoms with Crippen molar-refractivity contribution in [1.29, 1.82) is 0 Å². The van der Waals surface area contributed by atoms with Crippen molar-refractivity contribution in [1.82, 2.24) is 0 Å². The average Bonchev–Trinajstić information content (AvgIpc) is 2.32. The smallest absolute Gasteiger partial charge is 0.139 e. The highest BCUT2D eigenvalue weighted by Crippen LogP contribution is 2.29. The lowest BCUT2D eigenvalue weighted by Crippen LogP contribution is -2.43. The molecule has 0 saturated heterocycles. The van der Waals surface area contributed by atoms with E-state index in [-0.39, 0.29) is 11.3 Å². The number of Topliss-reactive ketones (excluding diaryl/α,β-unsaturated/α-hetero) is 1. The van der Waals surface area contributed by atoms with Gasteiger partial charge < -0.3 is 5.73 Å². The summed E-state index contributed by atoms with van der Waals surface area (Å²) in [6.07, 6.45) is 6.38. The fraction of sp³-hybridized carbons (Fsp3) is 0.533. The molecule has 1 aromatic carbocycles. The molecule has 2 N–H and O–H groups in total. The molecule has 0 bridgehead atoms. The highest BCUT2D eigenvalue weighted by Gasteiger charge is 2.29. The molecule has 1 fully saturated rings. The number of halogens is 1. The molecule has 98 valence electrons. The second kappa shape index (κ2) is 5.85. The van der Waals surface area contributed by atoms with Crippen LogP contribution in [-0.2, 0) is 11.2 Å². The third kappa shape index (κ3) is 3.56. The van der Waals surface area contributed by atoms with Gasteiger partial charge in [0.15, 0.2) is 0 Å². The van der Waals surface area contributed by atoms with Crippen LogP contribution in [0.15, 0.2) is 24.3 Å². The van der Waals surface area contributed by atoms with E-state index in [1.54, 1.807) is 0 Å². The molecule has 0 heterocycles. The zero-order valence-electron chi connectivity index (χ0n) is 10.6. The van der Waals surface area contributed by atoms with Crippen LogP contribution in [0.25, 0.3) is 0 Å². The predicted molar refractivity (Wildman–Crippen MR) is 74.8 cm³/mol. The lowest BCUT2D eigenvalue weighted by atomic mass is 9.78. The van der Waals surface area contributed by atoms with Crippen molar-refractivity contribution in [2.45, 2.75) is 50.5 Å². The lowest BCUT2D eigenvalue weighted by Gasteiger charge is -2.32. The number of rotatable bonds is 4. The molecule has 2 nitrogen and oxygen atoms in total. The van der Waals surface area contributed by atoms with Crippen molar-refractivity contribution >= 4 is 17.4 Å². The number of ketones is 1. The van der Waals surface area contributed by atoms with Gasteiger partial charge in [-0.25, -0.2) is 0 Å². The normalized spacial score (nSPS) is 18.6. The topological polar surface area (TPSA) is 43.1 Å². The van der Waals surface area contributed by atoms with E-state index in [0.717, 1.165) is 31.2 Å². The SMILES string of the molecule is NC1(CC(=O)Cc2ccccc2Cl)CCCCC1. The van der Waals surface area contributed by atoms with Crippen LogP contribution in [0, 0.1) is 0 Å². The second-order valence-electron chi connectivity index (χ2n) is 5.41. The minimum atomic E-state index is -0.267. The van der Waals surface area contributed by atoms with Crippen molar-refractivity contribution in [3.63, 3.8) is 0 Å². The second-order valence-corrected chi connectivity index (χ2v) is 5.81. The van der Waals surface area contributed by atoms with Crippen LogP contribution in [0.1, 0.15) is 44.1 Å². The van der Waals surface area contributed by atoms with E-state index >= 15 is 0 Å². The highest BCUT2D eigenvalue weighted by atomic mass is 35.5. The Morgan fingerprint density at radius 2 is 1.89 bits per heavy atom. The molecule has 0 atom stereocenters. The van der Waals surface area contributed by atoms with Gasteiger partial charge in [0, 0.05) is 23.4 Å². The number of benzene rings is 1. The van der Waals surface area contributed by atoms with Crippen LogP contribution >= 0.6 is 11.6 Å². The average molecular weight is 266 g/mol. The first kappa shape index (κ1) is 13.6. The molecule has 0 aromatic heterocycles. The Hall–Kier alpha value is -0.860. The molecule has 1 aliphatic carbocycles. The summed E-state index contributed by atoms with van der Waals surface area (Å²) < 4.78 is 0. The molecule has 1 saturated carbocycles. The molecule has 0 radical (unpaired) electrons. The number of nitrogens with two attached hydrogens (primary N) is 1. The molecular weight excluding hydrogens is 246 g/mol. The zero-order valence-corrected chi connectivity index (χ0v) is 11.4. The maximum atomic E-state index is 12.1. The van der Waals surface area contributed by atoms with Crippen molar-refractivity contribution in [2.75, 3.05) is 0 Å². The van der Waals surface area contributed by atoms with Gasteiger partial charge in [0.25, 0.3) is 0 Å². The molecule has 3 heteroatoms. The first-order valence-corrected chi connectivity index (χ1v) is 7.01. The van der Waals surface area contributed by atoms with Crippen LogP contribution in [-0.4, -0.2) is 11.3 Å². The van der Waals surface area contributed by atoms with E-state index < -0.39 is 0 Å². The first-order valence-electron chi connectivity index (χ1n) is 6.63. The van der Waals surface area contributed by atoms with Gasteiger partial charge in [-0.1, -0.05) is 49.1 Å². The molecule has 1 aliphatic rings. The summed E-state index contributed by atoms with van der Waals surface area (Å²) in [6.45, 7) is 0. The molecule has 1 aromatic rings. The molecule has 0 spiro atoms. The molecular formula is C15H20ClNO. The number of carbonyl (C=O) groups excluding carboxylic acids is 1. The van der Waals surface area contributed by atoms with E-state index in [1.807, 2.05) is 24.3 Å². The van der Waals surface area contributed by atoms with Gasteiger partial charge in [-0.05, 0) is 24.5 Å². The monoisotopic (exact) mass is 265 g/mol. The summed E-state index contributed by atoms with van der Waals surface area (Å²) in [5.74, 6) is 0.201. The van der Waals surface area contributed by atoms with Crippen molar-refractivity contribution in [3.05, 3.63) is 34.9 Å². The molecule has 0 aliphatic heterocycles. The Kier molecular flexibility index (Phi) is 4.41. The Balaban J connectivity index is 1.94. The van der Waals surface area contributed by atoms with Gasteiger partial charge in [-0.15, -0.1) is 0 Å². The lowest BCUT2D eigenvalue weighted by molar-refractivity contribution is -0.119. The van der Waals surface area contributed by atoms with E-state index in [9.17, 15) is 4.79 Å². The summed E-state index contributed by atoms with van der Waals surface area (Å²) in [5.41, 5.74) is 6.94. The quantitative estimate of drug-likeness (QED) is 0.905. The zero-order chi connectivity index (χ0) is 13.0. The molecule has 0 amide bonds. The van der Waals surface area contributed by atoms with Crippen LogP contribution in [0.5, 0.6) is 0 Å². The highest BCUT2D eigenvalue weighted by molar-refractivity contribution is 6.31. The van der Waals surface area contributed by atoms with E-state index in [1.165, 1.54) is 6.42 Å². The summed E-state index contributed by atoms with van der Waals surface area (Å²) in [5, 5.41) is 0.667. The predicted octanol–water partition coefficient (Wildman–Crippen LogP) is 3.50. The third-order valence-electron chi connectivity index (χ3n) is 3.74. The van der Waals surface area contributed by atoms with Crippen LogP contribution in [0.3, 0.4) is 0 Å². The Morgan fingerprint density at radius 3 is 2.56 bits per heavy atom. The summed E-state index contributed by atoms with van der Waals surface area (Å²) in [7, 11) is 0. The summed E-state index contributed by atoms with van der Waals surface area (Å²) in [6, 6.07) is 7.52. The molecule has 2 rings (SSSR count). The van der Waals surface area contributed by atoms with Gasteiger partial charge in [-0.2, -0.15) is 0 Å². The van der Waals surface area contributed by atoms with Gasteiger partial charge in [0.2, 0.25) is 0 Å². The van der Waals surface area contributed by atoms with Crippen LogP contribution < -0.4 is 5.73 Å². The van der Waals surface area contributed by atoms with Gasteiger partial charge >= 0.3 is 0 Å². The maximum Gasteiger partial charge on any atom is 0.139 e. The fourth-order valence-electron chi connectivity index (χ4n) is 2.74. The van der Waals surface area contributed by atoms with Crippen LogP contribution in [0.4, 0.5) is 0 Å². The van der Waals surface area contributed by atoms with Gasteiger partial charge in [0.1, 0.15) is 5.78 Å². The summed E-state index contributed by atoms with van der Waals surface area (Å²) >= 11 is 6.06. The van der Waals surface area contributed by atoms with Gasteiger partial charge in [-0.3, -0.25) is 4.79 Å².